The van der Waals surface area contributed by atoms with Gasteiger partial charge in [-0.2, -0.15) is 0 Å². The fourth-order valence-electron chi connectivity index (χ4n) is 2.32. The number of halogens is 3. The molecule has 0 aliphatic heterocycles. The molecule has 0 unspecified atom stereocenters. The highest BCUT2D eigenvalue weighted by atomic mass is 35.5. The van der Waals surface area contributed by atoms with Gasteiger partial charge in [0.05, 0.1) is 16.1 Å². The monoisotopic (exact) mass is 412 g/mol. The van der Waals surface area contributed by atoms with E-state index in [0.29, 0.717) is 21.2 Å². The Bertz CT molecular complexity index is 860. The Morgan fingerprint density at radius 3 is 2.19 bits per heavy atom. The summed E-state index contributed by atoms with van der Waals surface area (Å²) in [5.41, 5.74) is 3.26. The van der Waals surface area contributed by atoms with Crippen LogP contribution in [0.4, 0.5) is 0 Å². The van der Waals surface area contributed by atoms with Crippen LogP contribution >= 0.6 is 34.8 Å². The van der Waals surface area contributed by atoms with E-state index in [9.17, 15) is 9.59 Å². The van der Waals surface area contributed by atoms with Crippen molar-refractivity contribution in [3.8, 4) is 0 Å². The average molecular weight is 414 g/mol. The molecule has 0 radical (unpaired) electrons. The second kappa shape index (κ2) is 7.87. The fourth-order valence-corrected chi connectivity index (χ4v) is 2.99. The molecule has 0 aliphatic carbocycles. The summed E-state index contributed by atoms with van der Waals surface area (Å²) in [5, 5.41) is 2.37. The van der Waals surface area contributed by atoms with E-state index in [2.05, 4.69) is 5.43 Å². The molecule has 2 rings (SSSR count). The summed E-state index contributed by atoms with van der Waals surface area (Å²) in [5.74, 6) is -0.870. The Hall–Kier alpha value is -1.75. The van der Waals surface area contributed by atoms with Crippen molar-refractivity contribution in [2.45, 2.75) is 33.2 Å². The molecule has 0 spiro atoms. The zero-order valence-corrected chi connectivity index (χ0v) is 17.1. The molecule has 1 N–H and O–H groups in total. The number of nitrogens with zero attached hydrogens (tertiary/aromatic N) is 1. The molecule has 138 valence electrons. The molecule has 0 aliphatic rings. The van der Waals surface area contributed by atoms with Crippen LogP contribution in [-0.2, 0) is 0 Å². The molecule has 0 fully saturated rings. The molecule has 0 atom stereocenters. The van der Waals surface area contributed by atoms with Gasteiger partial charge in [0.2, 0.25) is 0 Å². The number of hydrazine groups is 1. The number of hydrogen-bond donors (Lipinski definition) is 1. The topological polar surface area (TPSA) is 49.4 Å². The normalized spacial score (nSPS) is 11.2. The lowest BCUT2D eigenvalue weighted by Gasteiger charge is -2.35. The van der Waals surface area contributed by atoms with Gasteiger partial charge in [-0.25, -0.2) is 5.01 Å². The molecule has 26 heavy (non-hydrogen) atoms. The Labute approximate surface area is 168 Å². The Morgan fingerprint density at radius 2 is 1.62 bits per heavy atom. The van der Waals surface area contributed by atoms with Gasteiger partial charge in [0.1, 0.15) is 0 Å². The first kappa shape index (κ1) is 20.6. The van der Waals surface area contributed by atoms with E-state index in [1.807, 2.05) is 0 Å². The molecular weight excluding hydrogens is 395 g/mol. The van der Waals surface area contributed by atoms with Gasteiger partial charge in [-0.05, 0) is 63.6 Å². The van der Waals surface area contributed by atoms with Crippen LogP contribution in [0.15, 0.2) is 36.4 Å². The van der Waals surface area contributed by atoms with Crippen LogP contribution in [0.3, 0.4) is 0 Å². The molecule has 2 aromatic carbocycles. The van der Waals surface area contributed by atoms with Crippen LogP contribution in [0.25, 0.3) is 0 Å². The van der Waals surface area contributed by atoms with E-state index in [0.717, 1.165) is 0 Å². The van der Waals surface area contributed by atoms with Gasteiger partial charge in [-0.3, -0.25) is 15.0 Å². The van der Waals surface area contributed by atoms with Crippen LogP contribution in [0.2, 0.25) is 15.1 Å². The van der Waals surface area contributed by atoms with Crippen LogP contribution < -0.4 is 5.43 Å². The zero-order valence-electron chi connectivity index (χ0n) is 14.9. The molecule has 2 amide bonds. The van der Waals surface area contributed by atoms with Crippen molar-refractivity contribution in [1.82, 2.24) is 10.4 Å². The highest BCUT2D eigenvalue weighted by Crippen LogP contribution is 2.25. The summed E-state index contributed by atoms with van der Waals surface area (Å²) in [6.07, 6.45) is 0. The summed E-state index contributed by atoms with van der Waals surface area (Å²) in [4.78, 5) is 25.7. The molecule has 0 saturated carbocycles. The Kier molecular flexibility index (Phi) is 6.22. The summed E-state index contributed by atoms with van der Waals surface area (Å²) in [6, 6.07) is 9.63. The molecule has 0 saturated heterocycles. The van der Waals surface area contributed by atoms with Gasteiger partial charge in [0.15, 0.2) is 0 Å². The largest absolute Gasteiger partial charge is 0.274 e. The number of rotatable bonds is 2. The van der Waals surface area contributed by atoms with Crippen molar-refractivity contribution < 1.29 is 9.59 Å². The van der Waals surface area contributed by atoms with Crippen molar-refractivity contribution in [2.75, 3.05) is 0 Å². The maximum atomic E-state index is 13.0. The lowest BCUT2D eigenvalue weighted by atomic mass is 10.1. The van der Waals surface area contributed by atoms with E-state index in [1.54, 1.807) is 52.0 Å². The van der Waals surface area contributed by atoms with E-state index in [1.165, 1.54) is 17.1 Å². The second-order valence-corrected chi connectivity index (χ2v) is 8.04. The van der Waals surface area contributed by atoms with Gasteiger partial charge in [-0.15, -0.1) is 0 Å². The van der Waals surface area contributed by atoms with Crippen molar-refractivity contribution in [3.05, 3.63) is 68.2 Å². The van der Waals surface area contributed by atoms with Crippen LogP contribution in [0, 0.1) is 6.92 Å². The third-order valence-electron chi connectivity index (χ3n) is 3.76. The zero-order chi connectivity index (χ0) is 19.6. The SMILES string of the molecule is Cc1c(Cl)cccc1C(=O)NN(C(=O)c1ccc(Cl)cc1Cl)C(C)(C)C. The van der Waals surface area contributed by atoms with Gasteiger partial charge in [0.25, 0.3) is 11.8 Å². The van der Waals surface area contributed by atoms with Gasteiger partial charge in [-0.1, -0.05) is 40.9 Å². The molecule has 4 nitrogen and oxygen atoms in total. The molecule has 7 heteroatoms. The van der Waals surface area contributed by atoms with Gasteiger partial charge < -0.3 is 0 Å². The molecule has 0 aromatic heterocycles. The van der Waals surface area contributed by atoms with E-state index in [-0.39, 0.29) is 10.6 Å². The van der Waals surface area contributed by atoms with Crippen LogP contribution in [-0.4, -0.2) is 22.4 Å². The smallest absolute Gasteiger partial charge is 0.267 e. The van der Waals surface area contributed by atoms with E-state index < -0.39 is 17.4 Å². The van der Waals surface area contributed by atoms with Gasteiger partial charge >= 0.3 is 0 Å². The summed E-state index contributed by atoms with van der Waals surface area (Å²) in [6.45, 7) is 7.16. The van der Waals surface area contributed by atoms with Gasteiger partial charge in [0, 0.05) is 15.6 Å². The van der Waals surface area contributed by atoms with Crippen molar-refractivity contribution in [3.63, 3.8) is 0 Å². The van der Waals surface area contributed by atoms with Crippen molar-refractivity contribution in [2.24, 2.45) is 0 Å². The quantitative estimate of drug-likeness (QED) is 0.657. The molecule has 2 aromatic rings. The highest BCUT2D eigenvalue weighted by Gasteiger charge is 2.31. The second-order valence-electron chi connectivity index (χ2n) is 6.79. The maximum Gasteiger partial charge on any atom is 0.274 e. The third kappa shape index (κ3) is 4.50. The number of hydrogen-bond acceptors (Lipinski definition) is 2. The highest BCUT2D eigenvalue weighted by molar-refractivity contribution is 6.36. The van der Waals surface area contributed by atoms with Crippen LogP contribution in [0.5, 0.6) is 0 Å². The Morgan fingerprint density at radius 1 is 0.962 bits per heavy atom. The Balaban J connectivity index is 2.38. The third-order valence-corrected chi connectivity index (χ3v) is 4.72. The first-order chi connectivity index (χ1) is 12.0. The van der Waals surface area contributed by atoms with Crippen LogP contribution in [0.1, 0.15) is 47.1 Å². The summed E-state index contributed by atoms with van der Waals surface area (Å²) in [7, 11) is 0. The predicted molar refractivity (Wildman–Crippen MR) is 106 cm³/mol. The number of benzene rings is 2. The van der Waals surface area contributed by atoms with Crippen molar-refractivity contribution >= 4 is 46.6 Å². The lowest BCUT2D eigenvalue weighted by Crippen LogP contribution is -2.56. The average Bonchev–Trinajstić information content (AvgIpc) is 2.53. The minimum absolute atomic E-state index is 0.213. The first-order valence-electron chi connectivity index (χ1n) is 7.88. The molecular formula is C19H19Cl3N2O2. The molecule has 0 heterocycles. The molecule has 0 bridgehead atoms. The fraction of sp³-hybridized carbons (Fsp3) is 0.263. The number of amides is 2. The predicted octanol–water partition coefficient (Wildman–Crippen LogP) is 5.54. The lowest BCUT2D eigenvalue weighted by molar-refractivity contribution is 0.0358. The summed E-state index contributed by atoms with van der Waals surface area (Å²) < 4.78 is 0. The van der Waals surface area contributed by atoms with E-state index >= 15 is 0 Å². The van der Waals surface area contributed by atoms with Crippen molar-refractivity contribution in [1.29, 1.82) is 0 Å². The summed E-state index contributed by atoms with van der Waals surface area (Å²) >= 11 is 18.1. The number of nitrogens with one attached hydrogen (secondary N) is 1. The minimum atomic E-state index is -0.692. The first-order valence-corrected chi connectivity index (χ1v) is 9.01. The number of carbonyl (C=O) groups is 2. The number of carbonyl (C=O) groups excluding carboxylic acids is 2. The standard InChI is InChI=1S/C19H19Cl3N2O2/c1-11-13(6-5-7-15(11)21)17(25)23-24(19(2,3)4)18(26)14-9-8-12(20)10-16(14)22/h5-10H,1-4H3,(H,23,25). The van der Waals surface area contributed by atoms with E-state index in [4.69, 9.17) is 34.8 Å². The maximum absolute atomic E-state index is 13.0. The minimum Gasteiger partial charge on any atom is -0.267 e.